The summed E-state index contributed by atoms with van der Waals surface area (Å²) in [6, 6.07) is 6.25. The average Bonchev–Trinajstić information content (AvgIpc) is 3.41. The minimum absolute atomic E-state index is 0.101. The fourth-order valence-electron chi connectivity index (χ4n) is 3.13. The van der Waals surface area contributed by atoms with Crippen molar-refractivity contribution in [3.63, 3.8) is 0 Å². The molecule has 0 bridgehead atoms. The van der Waals surface area contributed by atoms with Crippen LogP contribution in [0.15, 0.2) is 18.2 Å². The molecular formula is C18H26N2O3. The highest BCUT2D eigenvalue weighted by Gasteiger charge is 2.31. The van der Waals surface area contributed by atoms with Crippen molar-refractivity contribution in [3.05, 3.63) is 29.3 Å². The van der Waals surface area contributed by atoms with Crippen molar-refractivity contribution in [2.75, 3.05) is 45.3 Å². The Kier molecular flexibility index (Phi) is 5.18. The van der Waals surface area contributed by atoms with Gasteiger partial charge in [0.25, 0.3) is 5.91 Å². The zero-order valence-electron chi connectivity index (χ0n) is 14.0. The molecule has 1 saturated carbocycles. The largest absolute Gasteiger partial charge is 0.383 e. The predicted octanol–water partition coefficient (Wildman–Crippen LogP) is 2.30. The van der Waals surface area contributed by atoms with E-state index in [0.717, 1.165) is 16.8 Å². The first kappa shape index (κ1) is 16.3. The van der Waals surface area contributed by atoms with Gasteiger partial charge in [-0.15, -0.1) is 0 Å². The van der Waals surface area contributed by atoms with Crippen LogP contribution in [-0.2, 0) is 9.47 Å². The Labute approximate surface area is 137 Å². The number of carbonyl (C=O) groups excluding carboxylic acids is 1. The Morgan fingerprint density at radius 1 is 1.39 bits per heavy atom. The number of benzene rings is 1. The first-order chi connectivity index (χ1) is 11.2. The van der Waals surface area contributed by atoms with Crippen LogP contribution in [0.1, 0.15) is 28.8 Å². The molecule has 1 amide bonds. The molecule has 2 fully saturated rings. The highest BCUT2D eigenvalue weighted by atomic mass is 16.5. The number of amides is 1. The minimum Gasteiger partial charge on any atom is -0.383 e. The smallest absolute Gasteiger partial charge is 0.254 e. The van der Waals surface area contributed by atoms with E-state index in [9.17, 15) is 4.79 Å². The Balaban J connectivity index is 1.75. The molecule has 1 N–H and O–H groups in total. The molecule has 1 atom stereocenters. The molecule has 23 heavy (non-hydrogen) atoms. The van der Waals surface area contributed by atoms with E-state index in [2.05, 4.69) is 11.4 Å². The molecule has 1 heterocycles. The molecule has 5 heteroatoms. The summed E-state index contributed by atoms with van der Waals surface area (Å²) in [5.74, 6) is 0.789. The van der Waals surface area contributed by atoms with Crippen LogP contribution in [0.2, 0.25) is 0 Å². The molecule has 1 aromatic carbocycles. The predicted molar refractivity (Wildman–Crippen MR) is 89.9 cm³/mol. The molecule has 0 radical (unpaired) electrons. The van der Waals surface area contributed by atoms with Gasteiger partial charge in [0.2, 0.25) is 0 Å². The summed E-state index contributed by atoms with van der Waals surface area (Å²) in [6.45, 7) is 5.31. The fraction of sp³-hybridized carbons (Fsp3) is 0.611. The van der Waals surface area contributed by atoms with Crippen molar-refractivity contribution in [2.45, 2.75) is 25.8 Å². The van der Waals surface area contributed by atoms with Crippen molar-refractivity contribution in [1.29, 1.82) is 0 Å². The highest BCUT2D eigenvalue weighted by Crippen LogP contribution is 2.35. The van der Waals surface area contributed by atoms with Crippen LogP contribution in [-0.4, -0.2) is 56.9 Å². The Morgan fingerprint density at radius 3 is 2.78 bits per heavy atom. The molecular weight excluding hydrogens is 292 g/mol. The SMILES string of the molecule is COC[C@H](Nc1cccc(C(=O)N2CCOCC2)c1C)C1CC1. The number of hydrogen-bond donors (Lipinski definition) is 1. The Hall–Kier alpha value is -1.59. The van der Waals surface area contributed by atoms with Gasteiger partial charge in [-0.2, -0.15) is 0 Å². The molecule has 3 rings (SSSR count). The monoisotopic (exact) mass is 318 g/mol. The number of nitrogens with one attached hydrogen (secondary N) is 1. The topological polar surface area (TPSA) is 50.8 Å². The molecule has 0 spiro atoms. The van der Waals surface area contributed by atoms with E-state index in [1.165, 1.54) is 12.8 Å². The quantitative estimate of drug-likeness (QED) is 0.874. The highest BCUT2D eigenvalue weighted by molar-refractivity contribution is 5.97. The number of rotatable bonds is 6. The van der Waals surface area contributed by atoms with Crippen LogP contribution in [0.4, 0.5) is 5.69 Å². The molecule has 126 valence electrons. The maximum absolute atomic E-state index is 12.7. The summed E-state index contributed by atoms with van der Waals surface area (Å²) in [6.07, 6.45) is 2.51. The van der Waals surface area contributed by atoms with E-state index in [1.54, 1.807) is 7.11 Å². The Bertz CT molecular complexity index is 551. The minimum atomic E-state index is 0.101. The van der Waals surface area contributed by atoms with Crippen molar-refractivity contribution in [2.24, 2.45) is 5.92 Å². The van der Waals surface area contributed by atoms with Gasteiger partial charge < -0.3 is 19.7 Å². The van der Waals surface area contributed by atoms with Gasteiger partial charge in [0, 0.05) is 31.5 Å². The van der Waals surface area contributed by atoms with Crippen molar-refractivity contribution in [3.8, 4) is 0 Å². The van der Waals surface area contributed by atoms with Gasteiger partial charge in [-0.3, -0.25) is 4.79 Å². The molecule has 1 aliphatic heterocycles. The van der Waals surface area contributed by atoms with Crippen LogP contribution in [0.3, 0.4) is 0 Å². The van der Waals surface area contributed by atoms with Crippen LogP contribution >= 0.6 is 0 Å². The summed E-state index contributed by atoms with van der Waals surface area (Å²) >= 11 is 0. The summed E-state index contributed by atoms with van der Waals surface area (Å²) in [5, 5.41) is 3.59. The van der Waals surface area contributed by atoms with Gasteiger partial charge in [0.1, 0.15) is 0 Å². The maximum atomic E-state index is 12.7. The molecule has 5 nitrogen and oxygen atoms in total. The summed E-state index contributed by atoms with van der Waals surface area (Å²) in [5.41, 5.74) is 2.84. The summed E-state index contributed by atoms with van der Waals surface area (Å²) in [4.78, 5) is 14.6. The maximum Gasteiger partial charge on any atom is 0.254 e. The van der Waals surface area contributed by atoms with Crippen LogP contribution < -0.4 is 5.32 Å². The molecule has 2 aliphatic rings. The molecule has 0 unspecified atom stereocenters. The third-order valence-corrected chi connectivity index (χ3v) is 4.74. The van der Waals surface area contributed by atoms with Gasteiger partial charge in [-0.25, -0.2) is 0 Å². The number of nitrogens with zero attached hydrogens (tertiary/aromatic N) is 1. The van der Waals surface area contributed by atoms with Gasteiger partial charge in [0.15, 0.2) is 0 Å². The van der Waals surface area contributed by atoms with E-state index in [1.807, 2.05) is 24.0 Å². The van der Waals surface area contributed by atoms with Crippen LogP contribution in [0.25, 0.3) is 0 Å². The lowest BCUT2D eigenvalue weighted by molar-refractivity contribution is 0.0302. The second-order valence-electron chi connectivity index (χ2n) is 6.43. The zero-order chi connectivity index (χ0) is 16.2. The fourth-order valence-corrected chi connectivity index (χ4v) is 3.13. The number of hydrogen-bond acceptors (Lipinski definition) is 4. The number of morpholine rings is 1. The number of carbonyl (C=O) groups is 1. The van der Waals surface area contributed by atoms with Crippen molar-refractivity contribution < 1.29 is 14.3 Å². The first-order valence-electron chi connectivity index (χ1n) is 8.43. The van der Waals surface area contributed by atoms with Crippen molar-refractivity contribution >= 4 is 11.6 Å². The normalized spacial score (nSPS) is 19.5. The van der Waals surface area contributed by atoms with Gasteiger partial charge in [0.05, 0.1) is 25.9 Å². The molecule has 1 aromatic rings. The molecule has 1 aliphatic carbocycles. The zero-order valence-corrected chi connectivity index (χ0v) is 14.0. The van der Waals surface area contributed by atoms with Gasteiger partial charge in [-0.05, 0) is 43.4 Å². The Morgan fingerprint density at radius 2 is 2.13 bits per heavy atom. The standard InChI is InChI=1S/C18H26N2O3/c1-13-15(18(21)20-8-10-23-11-9-20)4-3-5-16(13)19-17(12-22-2)14-6-7-14/h3-5,14,17,19H,6-12H2,1-2H3/t17-/m0/s1. The van der Waals surface area contributed by atoms with Gasteiger partial charge in [-0.1, -0.05) is 6.07 Å². The van der Waals surface area contributed by atoms with E-state index in [4.69, 9.17) is 9.47 Å². The van der Waals surface area contributed by atoms with Gasteiger partial charge >= 0.3 is 0 Å². The number of anilines is 1. The van der Waals surface area contributed by atoms with Crippen LogP contribution in [0.5, 0.6) is 0 Å². The summed E-state index contributed by atoms with van der Waals surface area (Å²) in [7, 11) is 1.74. The third-order valence-electron chi connectivity index (χ3n) is 4.74. The number of ether oxygens (including phenoxy) is 2. The average molecular weight is 318 g/mol. The van der Waals surface area contributed by atoms with Crippen LogP contribution in [0, 0.1) is 12.8 Å². The molecule has 1 saturated heterocycles. The van der Waals surface area contributed by atoms with E-state index in [-0.39, 0.29) is 5.91 Å². The lowest BCUT2D eigenvalue weighted by atomic mass is 10.0. The first-order valence-corrected chi connectivity index (χ1v) is 8.43. The molecule has 0 aromatic heterocycles. The lowest BCUT2D eigenvalue weighted by Crippen LogP contribution is -2.41. The third kappa shape index (κ3) is 3.85. The summed E-state index contributed by atoms with van der Waals surface area (Å²) < 4.78 is 10.7. The lowest BCUT2D eigenvalue weighted by Gasteiger charge is -2.28. The number of methoxy groups -OCH3 is 1. The van der Waals surface area contributed by atoms with Crippen molar-refractivity contribution in [1.82, 2.24) is 4.90 Å². The second kappa shape index (κ2) is 7.32. The van der Waals surface area contributed by atoms with E-state index in [0.29, 0.717) is 44.9 Å². The second-order valence-corrected chi connectivity index (χ2v) is 6.43. The van der Waals surface area contributed by atoms with E-state index >= 15 is 0 Å². The van der Waals surface area contributed by atoms with E-state index < -0.39 is 0 Å².